The van der Waals surface area contributed by atoms with Gasteiger partial charge in [0.2, 0.25) is 12.6 Å². The molecule has 6 rings (SSSR count). The fourth-order valence-electron chi connectivity index (χ4n) is 3.48. The summed E-state index contributed by atoms with van der Waals surface area (Å²) in [5, 5.41) is 8.68. The van der Waals surface area contributed by atoms with Crippen molar-refractivity contribution in [2.75, 3.05) is 6.79 Å². The summed E-state index contributed by atoms with van der Waals surface area (Å²) in [5.74, 6) is 2.35. The Kier molecular flexibility index (Phi) is 3.60. The number of nitrogens with zero attached hydrogens (tertiary/aromatic N) is 5. The van der Waals surface area contributed by atoms with Crippen molar-refractivity contribution in [2.45, 2.75) is 19.3 Å². The van der Waals surface area contributed by atoms with Crippen LogP contribution in [-0.2, 0) is 17.9 Å². The molecule has 0 unspecified atom stereocenters. The Morgan fingerprint density at radius 3 is 2.97 bits per heavy atom. The van der Waals surface area contributed by atoms with E-state index in [1.54, 1.807) is 12.4 Å². The molecule has 0 fully saturated rings. The molecule has 0 radical (unpaired) electrons. The van der Waals surface area contributed by atoms with Crippen LogP contribution in [-0.4, -0.2) is 31.7 Å². The van der Waals surface area contributed by atoms with Gasteiger partial charge in [-0.05, 0) is 35.9 Å². The molecule has 0 aliphatic carbocycles. The average Bonchev–Trinajstić information content (AvgIpc) is 3.52. The van der Waals surface area contributed by atoms with E-state index in [4.69, 9.17) is 18.7 Å². The second kappa shape index (κ2) is 6.42. The molecule has 144 valence electrons. The number of fused-ring (bicyclic) bond motifs is 2. The second-order valence-electron chi connectivity index (χ2n) is 6.78. The van der Waals surface area contributed by atoms with Crippen LogP contribution in [0.4, 0.5) is 0 Å². The van der Waals surface area contributed by atoms with Crippen molar-refractivity contribution in [3.8, 4) is 34.5 Å². The van der Waals surface area contributed by atoms with Crippen molar-refractivity contribution < 1.29 is 18.7 Å². The molecule has 29 heavy (non-hydrogen) atoms. The molecule has 3 aromatic heterocycles. The summed E-state index contributed by atoms with van der Waals surface area (Å²) < 4.78 is 24.2. The first-order valence-corrected chi connectivity index (χ1v) is 9.16. The van der Waals surface area contributed by atoms with Crippen molar-refractivity contribution in [3.63, 3.8) is 0 Å². The first kappa shape index (κ1) is 16.3. The van der Waals surface area contributed by atoms with Crippen LogP contribution in [0.15, 0.2) is 53.3 Å². The molecule has 1 aromatic carbocycles. The summed E-state index contributed by atoms with van der Waals surface area (Å²) in [5.41, 5.74) is 3.39. The van der Waals surface area contributed by atoms with Gasteiger partial charge in [0.15, 0.2) is 17.2 Å². The fraction of sp³-hybridized carbons (Fsp3) is 0.200. The highest BCUT2D eigenvalue weighted by molar-refractivity contribution is 5.56. The minimum absolute atomic E-state index is 0.126. The molecular weight excluding hydrogens is 374 g/mol. The summed E-state index contributed by atoms with van der Waals surface area (Å²) >= 11 is 0. The van der Waals surface area contributed by atoms with Gasteiger partial charge in [-0.15, -0.1) is 0 Å². The predicted molar refractivity (Wildman–Crippen MR) is 98.8 cm³/mol. The highest BCUT2D eigenvalue weighted by atomic mass is 16.7. The van der Waals surface area contributed by atoms with Crippen LogP contribution in [0.3, 0.4) is 0 Å². The van der Waals surface area contributed by atoms with Crippen molar-refractivity contribution in [2.24, 2.45) is 0 Å². The van der Waals surface area contributed by atoms with E-state index in [9.17, 15) is 0 Å². The van der Waals surface area contributed by atoms with Gasteiger partial charge in [-0.25, -0.2) is 0 Å². The van der Waals surface area contributed by atoms with E-state index in [-0.39, 0.29) is 12.9 Å². The molecule has 5 heterocycles. The van der Waals surface area contributed by atoms with Crippen LogP contribution in [0.25, 0.3) is 23.0 Å². The Morgan fingerprint density at radius 2 is 2.03 bits per heavy atom. The first-order chi connectivity index (χ1) is 14.3. The Hall–Kier alpha value is -3.72. The van der Waals surface area contributed by atoms with Gasteiger partial charge in [-0.2, -0.15) is 10.1 Å². The Bertz CT molecular complexity index is 1190. The van der Waals surface area contributed by atoms with E-state index in [0.717, 1.165) is 28.3 Å². The molecule has 9 nitrogen and oxygen atoms in total. The van der Waals surface area contributed by atoms with Gasteiger partial charge >= 0.3 is 0 Å². The lowest BCUT2D eigenvalue weighted by Crippen LogP contribution is -2.21. The zero-order chi connectivity index (χ0) is 19.2. The van der Waals surface area contributed by atoms with Crippen LogP contribution in [0.5, 0.6) is 11.5 Å². The molecule has 4 aromatic rings. The van der Waals surface area contributed by atoms with Crippen LogP contribution in [0, 0.1) is 0 Å². The van der Waals surface area contributed by atoms with Crippen molar-refractivity contribution in [3.05, 3.63) is 60.0 Å². The van der Waals surface area contributed by atoms with Crippen molar-refractivity contribution in [1.29, 1.82) is 0 Å². The number of ether oxygens (including phenoxy) is 3. The Balaban J connectivity index is 1.26. The van der Waals surface area contributed by atoms with Crippen LogP contribution >= 0.6 is 0 Å². The summed E-state index contributed by atoms with van der Waals surface area (Å²) in [6, 6.07) is 11.5. The van der Waals surface area contributed by atoms with Gasteiger partial charge in [0.1, 0.15) is 6.10 Å². The summed E-state index contributed by atoms with van der Waals surface area (Å²) in [7, 11) is 0. The maximum Gasteiger partial charge on any atom is 0.278 e. The van der Waals surface area contributed by atoms with E-state index in [2.05, 4.69) is 20.2 Å². The van der Waals surface area contributed by atoms with Crippen LogP contribution < -0.4 is 9.47 Å². The minimum atomic E-state index is -0.126. The van der Waals surface area contributed by atoms with Crippen LogP contribution in [0.2, 0.25) is 0 Å². The third-order valence-electron chi connectivity index (χ3n) is 4.97. The lowest BCUT2D eigenvalue weighted by molar-refractivity contribution is -0.00122. The fourth-order valence-corrected chi connectivity index (χ4v) is 3.48. The summed E-state index contributed by atoms with van der Waals surface area (Å²) in [6.07, 6.45) is 3.26. The number of aromatic nitrogens is 5. The number of benzene rings is 1. The molecule has 2 aliphatic heterocycles. The van der Waals surface area contributed by atoms with Gasteiger partial charge in [-0.3, -0.25) is 9.67 Å². The molecule has 9 heteroatoms. The lowest BCUT2D eigenvalue weighted by Gasteiger charge is -2.24. The lowest BCUT2D eigenvalue weighted by atomic mass is 10.1. The number of pyridine rings is 1. The highest BCUT2D eigenvalue weighted by Crippen LogP contribution is 2.37. The van der Waals surface area contributed by atoms with E-state index in [1.807, 2.05) is 41.1 Å². The second-order valence-corrected chi connectivity index (χ2v) is 6.78. The largest absolute Gasteiger partial charge is 0.454 e. The zero-order valence-electron chi connectivity index (χ0n) is 15.2. The monoisotopic (exact) mass is 389 g/mol. The predicted octanol–water partition coefficient (Wildman–Crippen LogP) is 3.00. The molecule has 1 atom stereocenters. The first-order valence-electron chi connectivity index (χ1n) is 9.16. The van der Waals surface area contributed by atoms with Crippen molar-refractivity contribution in [1.82, 2.24) is 24.9 Å². The topological polar surface area (TPSA) is 97.3 Å². The van der Waals surface area contributed by atoms with E-state index in [0.29, 0.717) is 30.6 Å². The van der Waals surface area contributed by atoms with Crippen LogP contribution in [0.1, 0.15) is 17.4 Å². The quantitative estimate of drug-likeness (QED) is 0.527. The van der Waals surface area contributed by atoms with Gasteiger partial charge in [0.25, 0.3) is 5.89 Å². The molecule has 2 aliphatic rings. The molecule has 0 saturated carbocycles. The number of hydrogen-bond acceptors (Lipinski definition) is 8. The van der Waals surface area contributed by atoms with Gasteiger partial charge in [0, 0.05) is 18.0 Å². The Labute approximate surface area is 164 Å². The molecule has 0 amide bonds. The highest BCUT2D eigenvalue weighted by Gasteiger charge is 2.26. The minimum Gasteiger partial charge on any atom is -0.454 e. The normalized spacial score (nSPS) is 17.3. The molecule has 0 N–H and O–H groups in total. The van der Waals surface area contributed by atoms with E-state index in [1.165, 1.54) is 0 Å². The molecule has 0 bridgehead atoms. The number of hydrogen-bond donors (Lipinski definition) is 0. The number of rotatable bonds is 3. The van der Waals surface area contributed by atoms with Gasteiger partial charge in [0.05, 0.1) is 18.8 Å². The maximum atomic E-state index is 6.04. The SMILES string of the molecule is c1cncc(-c2noc(-c3cc4n(n3)C[C@H](c3ccc5c(c3)OCO5)OC4)n2)c1. The molecular formula is C20H15N5O4. The van der Waals surface area contributed by atoms with E-state index < -0.39 is 0 Å². The maximum absolute atomic E-state index is 6.04. The molecule has 0 spiro atoms. The summed E-state index contributed by atoms with van der Waals surface area (Å²) in [6.45, 7) is 1.27. The zero-order valence-corrected chi connectivity index (χ0v) is 15.2. The molecule has 0 saturated heterocycles. The van der Waals surface area contributed by atoms with Gasteiger partial charge < -0.3 is 18.7 Å². The standard InChI is InChI=1S/C20H15N5O4/c1-2-13(8-21-5-1)19-22-20(29-24-19)15-7-14-10-26-18(9-25(14)23-15)12-3-4-16-17(6-12)28-11-27-16/h1-8,18H,9-11H2/t18-/m1/s1. The average molecular weight is 389 g/mol. The van der Waals surface area contributed by atoms with E-state index >= 15 is 0 Å². The Morgan fingerprint density at radius 1 is 1.07 bits per heavy atom. The van der Waals surface area contributed by atoms with Gasteiger partial charge in [-0.1, -0.05) is 11.2 Å². The van der Waals surface area contributed by atoms with Crippen molar-refractivity contribution >= 4 is 0 Å². The summed E-state index contributed by atoms with van der Waals surface area (Å²) in [4.78, 5) is 8.53. The third kappa shape index (κ3) is 2.83. The smallest absolute Gasteiger partial charge is 0.278 e. The third-order valence-corrected chi connectivity index (χ3v) is 4.97.